The Labute approximate surface area is 103 Å². The minimum Gasteiger partial charge on any atom is -0.480 e. The highest BCUT2D eigenvalue weighted by Crippen LogP contribution is 2.09. The molecule has 0 spiro atoms. The zero-order chi connectivity index (χ0) is 13.0. The first kappa shape index (κ1) is 12.4. The number of aliphatic hydroxyl groups is 1. The Morgan fingerprint density at radius 2 is 2.39 bits per heavy atom. The van der Waals surface area contributed by atoms with Gasteiger partial charge in [-0.05, 0) is 6.92 Å². The molecule has 6 heteroatoms. The molecule has 0 radical (unpaired) electrons. The van der Waals surface area contributed by atoms with Crippen molar-refractivity contribution in [1.29, 1.82) is 0 Å². The zero-order valence-corrected chi connectivity index (χ0v) is 10.00. The summed E-state index contributed by atoms with van der Waals surface area (Å²) in [5.74, 6) is 0.335. The Hall–Kier alpha value is -2.08. The lowest BCUT2D eigenvalue weighted by atomic mass is 10.4. The van der Waals surface area contributed by atoms with Crippen molar-refractivity contribution in [3.63, 3.8) is 0 Å². The van der Waals surface area contributed by atoms with E-state index in [0.29, 0.717) is 0 Å². The summed E-state index contributed by atoms with van der Waals surface area (Å²) in [7, 11) is 0. The Morgan fingerprint density at radius 3 is 3.06 bits per heavy atom. The number of aromatic nitrogens is 2. The van der Waals surface area contributed by atoms with Crippen LogP contribution in [0.5, 0.6) is 5.75 Å². The molecule has 2 heterocycles. The molecule has 0 saturated carbocycles. The average Bonchev–Trinajstić information content (AvgIpc) is 2.84. The van der Waals surface area contributed by atoms with Crippen molar-refractivity contribution in [3.05, 3.63) is 46.5 Å². The zero-order valence-electron chi connectivity index (χ0n) is 10.00. The van der Waals surface area contributed by atoms with E-state index in [2.05, 4.69) is 4.98 Å². The topological polar surface area (TPSA) is 77.5 Å². The van der Waals surface area contributed by atoms with E-state index >= 15 is 0 Å². The van der Waals surface area contributed by atoms with Crippen LogP contribution in [0, 0.1) is 0 Å². The van der Waals surface area contributed by atoms with Gasteiger partial charge in [0.15, 0.2) is 0 Å². The maximum atomic E-state index is 11.6. The van der Waals surface area contributed by atoms with Crippen molar-refractivity contribution in [2.24, 2.45) is 0 Å². The normalized spacial score (nSPS) is 10.6. The molecule has 0 aliphatic carbocycles. The predicted octanol–water partition coefficient (Wildman–Crippen LogP) is 0.927. The molecule has 0 atom stereocenters. The lowest BCUT2D eigenvalue weighted by Crippen LogP contribution is -2.10. The third-order valence-corrected chi connectivity index (χ3v) is 2.52. The summed E-state index contributed by atoms with van der Waals surface area (Å²) in [6.07, 6.45) is 4.60. The monoisotopic (exact) mass is 250 g/mol. The molecule has 0 aliphatic heterocycles. The average molecular weight is 250 g/mol. The van der Waals surface area contributed by atoms with Crippen LogP contribution in [0.15, 0.2) is 34.1 Å². The largest absolute Gasteiger partial charge is 0.480 e. The van der Waals surface area contributed by atoms with Gasteiger partial charge in [-0.15, -0.1) is 0 Å². The van der Waals surface area contributed by atoms with E-state index in [9.17, 15) is 4.79 Å². The highest BCUT2D eigenvalue weighted by molar-refractivity contribution is 5.17. The Bertz CT molecular complexity index is 573. The molecule has 18 heavy (non-hydrogen) atoms. The van der Waals surface area contributed by atoms with Crippen LogP contribution in [-0.2, 0) is 19.8 Å². The van der Waals surface area contributed by atoms with Gasteiger partial charge in [-0.1, -0.05) is 0 Å². The molecule has 96 valence electrons. The van der Waals surface area contributed by atoms with Crippen LogP contribution in [0.4, 0.5) is 0 Å². The number of rotatable bonds is 5. The first-order chi connectivity index (χ1) is 8.74. The van der Waals surface area contributed by atoms with Crippen LogP contribution in [0.25, 0.3) is 0 Å². The van der Waals surface area contributed by atoms with E-state index < -0.39 is 0 Å². The fourth-order valence-electron chi connectivity index (χ4n) is 1.53. The van der Waals surface area contributed by atoms with Crippen molar-refractivity contribution in [2.75, 3.05) is 0 Å². The molecule has 1 N–H and O–H groups in total. The Morgan fingerprint density at radius 1 is 1.56 bits per heavy atom. The summed E-state index contributed by atoms with van der Waals surface area (Å²) in [4.78, 5) is 15.6. The Balaban J connectivity index is 2.09. The van der Waals surface area contributed by atoms with E-state index in [1.807, 2.05) is 11.5 Å². The fraction of sp³-hybridized carbons (Fsp3) is 0.333. The second-order valence-corrected chi connectivity index (χ2v) is 3.69. The lowest BCUT2D eigenvalue weighted by molar-refractivity contribution is 0.235. The van der Waals surface area contributed by atoms with Crippen LogP contribution in [0.3, 0.4) is 0 Å². The van der Waals surface area contributed by atoms with Gasteiger partial charge >= 0.3 is 0 Å². The van der Waals surface area contributed by atoms with Gasteiger partial charge in [0.2, 0.25) is 11.2 Å². The highest BCUT2D eigenvalue weighted by Gasteiger charge is 2.06. The van der Waals surface area contributed by atoms with E-state index in [0.717, 1.165) is 12.2 Å². The molecule has 0 bridgehead atoms. The maximum Gasteiger partial charge on any atom is 0.227 e. The maximum absolute atomic E-state index is 11.6. The first-order valence-corrected chi connectivity index (χ1v) is 5.59. The molecule has 0 saturated heterocycles. The third kappa shape index (κ3) is 2.60. The molecule has 0 aromatic carbocycles. The van der Waals surface area contributed by atoms with Crippen molar-refractivity contribution < 1.29 is 14.3 Å². The van der Waals surface area contributed by atoms with Crippen molar-refractivity contribution in [3.8, 4) is 5.75 Å². The van der Waals surface area contributed by atoms with Crippen molar-refractivity contribution >= 4 is 0 Å². The van der Waals surface area contributed by atoms with Gasteiger partial charge in [0.25, 0.3) is 0 Å². The van der Waals surface area contributed by atoms with Crippen LogP contribution >= 0.6 is 0 Å². The van der Waals surface area contributed by atoms with Crippen molar-refractivity contribution in [1.82, 2.24) is 9.55 Å². The lowest BCUT2D eigenvalue weighted by Gasteiger charge is -2.07. The number of hydrogen-bond donors (Lipinski definition) is 1. The number of ether oxygens (including phenoxy) is 1. The summed E-state index contributed by atoms with van der Waals surface area (Å²) < 4.78 is 12.3. The second kappa shape index (κ2) is 5.50. The molecule has 2 rings (SSSR count). The van der Waals surface area contributed by atoms with Crippen LogP contribution in [0.1, 0.15) is 18.4 Å². The minimum atomic E-state index is -0.312. The summed E-state index contributed by atoms with van der Waals surface area (Å²) in [6, 6.07) is 1.21. The number of aliphatic hydroxyl groups excluding tert-OH is 1. The van der Waals surface area contributed by atoms with Crippen LogP contribution < -0.4 is 10.2 Å². The number of aryl methyl sites for hydroxylation is 1. The van der Waals surface area contributed by atoms with Gasteiger partial charge < -0.3 is 18.8 Å². The van der Waals surface area contributed by atoms with E-state index in [1.165, 1.54) is 12.3 Å². The first-order valence-electron chi connectivity index (χ1n) is 5.59. The number of hydrogen-bond acceptors (Lipinski definition) is 5. The van der Waals surface area contributed by atoms with Gasteiger partial charge in [-0.3, -0.25) is 4.79 Å². The Kier molecular flexibility index (Phi) is 3.78. The molecule has 0 aliphatic rings. The summed E-state index contributed by atoms with van der Waals surface area (Å²) in [6.45, 7) is 2.72. The highest BCUT2D eigenvalue weighted by atomic mass is 16.5. The van der Waals surface area contributed by atoms with Crippen LogP contribution in [-0.4, -0.2) is 14.7 Å². The smallest absolute Gasteiger partial charge is 0.227 e. The molecule has 0 fully saturated rings. The predicted molar refractivity (Wildman–Crippen MR) is 63.1 cm³/mol. The van der Waals surface area contributed by atoms with Gasteiger partial charge in [0.1, 0.15) is 25.2 Å². The molecule has 0 amide bonds. The molecule has 6 nitrogen and oxygen atoms in total. The molecule has 0 unspecified atom stereocenters. The molecule has 2 aromatic heterocycles. The summed E-state index contributed by atoms with van der Waals surface area (Å²) >= 11 is 0. The van der Waals surface area contributed by atoms with E-state index in [1.54, 1.807) is 12.5 Å². The standard InChI is InChI=1S/C12H14N2O4/c1-2-14-8-13-4-9(14)6-18-12-7-17-10(5-15)3-11(12)16/h3-4,7-8,15H,2,5-6H2,1H3. The van der Waals surface area contributed by atoms with Crippen LogP contribution in [0.2, 0.25) is 0 Å². The van der Waals surface area contributed by atoms with Crippen molar-refractivity contribution in [2.45, 2.75) is 26.7 Å². The number of imidazole rings is 1. The molecule has 2 aromatic rings. The second-order valence-electron chi connectivity index (χ2n) is 3.69. The van der Waals surface area contributed by atoms with Gasteiger partial charge in [0.05, 0.1) is 18.2 Å². The summed E-state index contributed by atoms with van der Waals surface area (Å²) in [5.41, 5.74) is 0.566. The molecular formula is C12H14N2O4. The molecular weight excluding hydrogens is 236 g/mol. The summed E-state index contributed by atoms with van der Waals surface area (Å²) in [5, 5.41) is 8.82. The number of nitrogens with zero attached hydrogens (tertiary/aromatic N) is 2. The third-order valence-electron chi connectivity index (χ3n) is 2.52. The SMILES string of the molecule is CCn1cncc1COc1coc(CO)cc1=O. The van der Waals surface area contributed by atoms with Gasteiger partial charge in [-0.25, -0.2) is 4.98 Å². The van der Waals surface area contributed by atoms with Gasteiger partial charge in [-0.2, -0.15) is 0 Å². The minimum absolute atomic E-state index is 0.121. The van der Waals surface area contributed by atoms with E-state index in [-0.39, 0.29) is 30.2 Å². The fourth-order valence-corrected chi connectivity index (χ4v) is 1.53. The van der Waals surface area contributed by atoms with Gasteiger partial charge in [0, 0.05) is 12.6 Å². The quantitative estimate of drug-likeness (QED) is 0.854. The van der Waals surface area contributed by atoms with E-state index in [4.69, 9.17) is 14.3 Å².